The maximum atomic E-state index is 11.8. The number of aromatic nitrogens is 1. The van der Waals surface area contributed by atoms with Gasteiger partial charge in [-0.25, -0.2) is 4.79 Å². The maximum absolute atomic E-state index is 11.8. The van der Waals surface area contributed by atoms with Crippen molar-refractivity contribution >= 4 is 16.9 Å². The summed E-state index contributed by atoms with van der Waals surface area (Å²) in [6.45, 7) is 0.462. The highest BCUT2D eigenvalue weighted by Gasteiger charge is 2.16. The minimum Gasteiger partial charge on any atom is -0.335 e. The number of fused-ring (bicyclic) bond motifs is 1. The molecular weight excluding hydrogens is 250 g/mol. The van der Waals surface area contributed by atoms with E-state index in [1.165, 1.54) is 12.8 Å². The summed E-state index contributed by atoms with van der Waals surface area (Å²) in [5.74, 6) is 0. The third-order valence-electron chi connectivity index (χ3n) is 3.78. The third-order valence-corrected chi connectivity index (χ3v) is 3.78. The van der Waals surface area contributed by atoms with E-state index < -0.39 is 0 Å². The quantitative estimate of drug-likeness (QED) is 0.900. The lowest BCUT2D eigenvalue weighted by Crippen LogP contribution is -2.40. The van der Waals surface area contributed by atoms with Crippen LogP contribution in [0.5, 0.6) is 0 Å². The summed E-state index contributed by atoms with van der Waals surface area (Å²) in [7, 11) is 0. The van der Waals surface area contributed by atoms with E-state index in [2.05, 4.69) is 15.6 Å². The van der Waals surface area contributed by atoms with Gasteiger partial charge in [-0.1, -0.05) is 37.1 Å². The predicted octanol–water partition coefficient (Wildman–Crippen LogP) is 2.98. The molecule has 0 aliphatic heterocycles. The molecule has 0 bridgehead atoms. The molecule has 4 nitrogen and oxygen atoms in total. The largest absolute Gasteiger partial charge is 0.335 e. The standard InChI is InChI=1S/C16H19N3O/c20-16(19-13-6-2-3-7-13)17-11-14-10-9-12-5-1-4-8-15(12)18-14/h1,4-5,8-10,13H,2-3,6-7,11H2,(H2,17,19,20). The van der Waals surface area contributed by atoms with Crippen LogP contribution in [0.15, 0.2) is 36.4 Å². The van der Waals surface area contributed by atoms with E-state index in [1.807, 2.05) is 36.4 Å². The second-order valence-electron chi connectivity index (χ2n) is 5.30. The molecule has 2 amide bonds. The lowest BCUT2D eigenvalue weighted by molar-refractivity contribution is 0.236. The number of pyridine rings is 1. The molecule has 1 fully saturated rings. The van der Waals surface area contributed by atoms with E-state index in [0.717, 1.165) is 29.4 Å². The number of para-hydroxylation sites is 1. The van der Waals surface area contributed by atoms with Crippen LogP contribution in [0.1, 0.15) is 31.4 Å². The van der Waals surface area contributed by atoms with Gasteiger partial charge in [-0.05, 0) is 25.0 Å². The highest BCUT2D eigenvalue weighted by molar-refractivity contribution is 5.78. The average molecular weight is 269 g/mol. The normalized spacial score (nSPS) is 15.4. The van der Waals surface area contributed by atoms with Crippen molar-refractivity contribution in [3.05, 3.63) is 42.1 Å². The van der Waals surface area contributed by atoms with E-state index in [0.29, 0.717) is 12.6 Å². The molecule has 4 heteroatoms. The number of carbonyl (C=O) groups is 1. The van der Waals surface area contributed by atoms with Crippen LogP contribution in [0.4, 0.5) is 4.79 Å². The summed E-state index contributed by atoms with van der Waals surface area (Å²) >= 11 is 0. The highest BCUT2D eigenvalue weighted by atomic mass is 16.2. The number of rotatable bonds is 3. The van der Waals surface area contributed by atoms with Crippen LogP contribution < -0.4 is 10.6 Å². The van der Waals surface area contributed by atoms with Crippen molar-refractivity contribution in [2.75, 3.05) is 0 Å². The predicted molar refractivity (Wildman–Crippen MR) is 79.4 cm³/mol. The summed E-state index contributed by atoms with van der Waals surface area (Å²) < 4.78 is 0. The molecule has 20 heavy (non-hydrogen) atoms. The van der Waals surface area contributed by atoms with Crippen molar-refractivity contribution in [3.63, 3.8) is 0 Å². The van der Waals surface area contributed by atoms with Crippen molar-refractivity contribution in [1.29, 1.82) is 0 Å². The fourth-order valence-electron chi connectivity index (χ4n) is 2.68. The molecule has 0 saturated heterocycles. The topological polar surface area (TPSA) is 54.0 Å². The minimum absolute atomic E-state index is 0.0909. The number of nitrogens with one attached hydrogen (secondary N) is 2. The zero-order valence-electron chi connectivity index (χ0n) is 11.4. The monoisotopic (exact) mass is 269 g/mol. The van der Waals surface area contributed by atoms with E-state index in [4.69, 9.17) is 0 Å². The van der Waals surface area contributed by atoms with Crippen molar-refractivity contribution in [2.24, 2.45) is 0 Å². The molecule has 1 saturated carbocycles. The van der Waals surface area contributed by atoms with Gasteiger partial charge < -0.3 is 10.6 Å². The van der Waals surface area contributed by atoms with E-state index >= 15 is 0 Å². The van der Waals surface area contributed by atoms with Gasteiger partial charge >= 0.3 is 6.03 Å². The summed E-state index contributed by atoms with van der Waals surface area (Å²) in [4.78, 5) is 16.3. The smallest absolute Gasteiger partial charge is 0.315 e. The Morgan fingerprint density at radius 1 is 1.15 bits per heavy atom. The Hall–Kier alpha value is -2.10. The zero-order chi connectivity index (χ0) is 13.8. The fraction of sp³-hybridized carbons (Fsp3) is 0.375. The fourth-order valence-corrected chi connectivity index (χ4v) is 2.68. The maximum Gasteiger partial charge on any atom is 0.315 e. The lowest BCUT2D eigenvalue weighted by atomic mass is 10.2. The van der Waals surface area contributed by atoms with Crippen LogP contribution in [0.2, 0.25) is 0 Å². The molecule has 0 spiro atoms. The van der Waals surface area contributed by atoms with Crippen LogP contribution >= 0.6 is 0 Å². The van der Waals surface area contributed by atoms with Crippen molar-refractivity contribution in [2.45, 2.75) is 38.3 Å². The van der Waals surface area contributed by atoms with Crippen LogP contribution in [0.3, 0.4) is 0 Å². The average Bonchev–Trinajstić information content (AvgIpc) is 2.98. The van der Waals surface area contributed by atoms with Gasteiger partial charge in [0.05, 0.1) is 17.8 Å². The molecule has 1 aliphatic carbocycles. The Morgan fingerprint density at radius 3 is 2.80 bits per heavy atom. The molecule has 3 rings (SSSR count). The first kappa shape index (κ1) is 12.9. The van der Waals surface area contributed by atoms with Crippen molar-refractivity contribution < 1.29 is 4.79 Å². The second-order valence-corrected chi connectivity index (χ2v) is 5.30. The number of benzene rings is 1. The molecule has 0 radical (unpaired) electrons. The molecule has 0 unspecified atom stereocenters. The van der Waals surface area contributed by atoms with E-state index in [-0.39, 0.29) is 6.03 Å². The molecule has 1 heterocycles. The minimum atomic E-state index is -0.0909. The first-order valence-corrected chi connectivity index (χ1v) is 7.20. The Balaban J connectivity index is 1.57. The molecule has 1 aliphatic rings. The zero-order valence-corrected chi connectivity index (χ0v) is 11.4. The van der Waals surface area contributed by atoms with Crippen LogP contribution in [-0.4, -0.2) is 17.1 Å². The SMILES string of the molecule is O=C(NCc1ccc2ccccc2n1)NC1CCCC1. The van der Waals surface area contributed by atoms with Gasteiger partial charge in [-0.3, -0.25) is 4.98 Å². The molecule has 0 atom stereocenters. The molecular formula is C16H19N3O. The Bertz CT molecular complexity index is 605. The Labute approximate surface area is 118 Å². The number of urea groups is 1. The van der Waals surface area contributed by atoms with Gasteiger partial charge in [-0.15, -0.1) is 0 Å². The van der Waals surface area contributed by atoms with Crippen molar-refractivity contribution in [3.8, 4) is 0 Å². The molecule has 1 aromatic carbocycles. The van der Waals surface area contributed by atoms with E-state index in [1.54, 1.807) is 0 Å². The van der Waals surface area contributed by atoms with Gasteiger partial charge in [0.15, 0.2) is 0 Å². The molecule has 2 aromatic rings. The number of amides is 2. The third kappa shape index (κ3) is 3.07. The van der Waals surface area contributed by atoms with Crippen LogP contribution in [0, 0.1) is 0 Å². The van der Waals surface area contributed by atoms with Gasteiger partial charge in [-0.2, -0.15) is 0 Å². The summed E-state index contributed by atoms with van der Waals surface area (Å²) in [6, 6.07) is 12.2. The molecule has 2 N–H and O–H groups in total. The van der Waals surface area contributed by atoms with E-state index in [9.17, 15) is 4.79 Å². The summed E-state index contributed by atoms with van der Waals surface area (Å²) in [5, 5.41) is 7.00. The first-order chi connectivity index (χ1) is 9.81. The van der Waals surface area contributed by atoms with Gasteiger partial charge in [0.1, 0.15) is 0 Å². The number of hydrogen-bond acceptors (Lipinski definition) is 2. The van der Waals surface area contributed by atoms with Crippen LogP contribution in [0.25, 0.3) is 10.9 Å². The Morgan fingerprint density at radius 2 is 1.95 bits per heavy atom. The lowest BCUT2D eigenvalue weighted by Gasteiger charge is -2.12. The molecule has 1 aromatic heterocycles. The highest BCUT2D eigenvalue weighted by Crippen LogP contribution is 2.17. The molecule has 104 valence electrons. The number of nitrogens with zero attached hydrogens (tertiary/aromatic N) is 1. The second kappa shape index (κ2) is 5.90. The summed E-state index contributed by atoms with van der Waals surface area (Å²) in [5.41, 5.74) is 1.84. The number of hydrogen-bond donors (Lipinski definition) is 2. The van der Waals surface area contributed by atoms with Gasteiger partial charge in [0.25, 0.3) is 0 Å². The number of carbonyl (C=O) groups excluding carboxylic acids is 1. The first-order valence-electron chi connectivity index (χ1n) is 7.20. The van der Waals surface area contributed by atoms with Gasteiger partial charge in [0, 0.05) is 11.4 Å². The Kier molecular flexibility index (Phi) is 3.81. The summed E-state index contributed by atoms with van der Waals surface area (Å²) in [6.07, 6.45) is 4.64. The van der Waals surface area contributed by atoms with Crippen molar-refractivity contribution in [1.82, 2.24) is 15.6 Å². The van der Waals surface area contributed by atoms with Crippen LogP contribution in [-0.2, 0) is 6.54 Å². The van der Waals surface area contributed by atoms with Gasteiger partial charge in [0.2, 0.25) is 0 Å².